The molecule has 0 N–H and O–H groups in total. The largest absolute Gasteiger partial charge is 0.460 e. The molecule has 0 aliphatic carbocycles. The van der Waals surface area contributed by atoms with Gasteiger partial charge in [0.05, 0.1) is 12.0 Å². The lowest BCUT2D eigenvalue weighted by molar-refractivity contribution is -0.400. The van der Waals surface area contributed by atoms with Gasteiger partial charge in [-0.2, -0.15) is 39.5 Å². The van der Waals surface area contributed by atoms with E-state index in [0.29, 0.717) is 18.8 Å². The average Bonchev–Trinajstić information content (AvgIpc) is 2.61. The molecular formula is C18H22F9NO. The molecule has 29 heavy (non-hydrogen) atoms. The van der Waals surface area contributed by atoms with E-state index in [1.165, 1.54) is 24.3 Å². The molecule has 0 bridgehead atoms. The van der Waals surface area contributed by atoms with Crippen molar-refractivity contribution in [3.8, 4) is 0 Å². The van der Waals surface area contributed by atoms with Gasteiger partial charge in [0.15, 0.2) is 0 Å². The molecule has 1 rings (SSSR count). The Balaban J connectivity index is 3.29. The topological polar surface area (TPSA) is 12.5 Å². The lowest BCUT2D eigenvalue weighted by Crippen LogP contribution is -2.62. The van der Waals surface area contributed by atoms with E-state index < -0.39 is 36.0 Å². The van der Waals surface area contributed by atoms with Crippen molar-refractivity contribution in [2.75, 3.05) is 25.1 Å². The molecule has 0 radical (unpaired) electrons. The fourth-order valence-electron chi connectivity index (χ4n) is 2.85. The molecule has 0 spiro atoms. The van der Waals surface area contributed by atoms with Crippen molar-refractivity contribution in [3.05, 3.63) is 29.8 Å². The smallest absolute Gasteiger partial charge is 0.374 e. The standard InChI is InChI=1S/C18H22F9NO/c1-5-28(6-2)13-9-7-12(8-10-13)14(3,29-4)11-15(19,20)16(21,22)17(23,24)18(25,26)27/h7-10H,5-6,11H2,1-4H3. The van der Waals surface area contributed by atoms with E-state index in [0.717, 1.165) is 14.0 Å². The first-order chi connectivity index (χ1) is 13.0. The molecule has 11 heteroatoms. The highest BCUT2D eigenvalue weighted by Gasteiger charge is 2.82. The molecule has 168 valence electrons. The summed E-state index contributed by atoms with van der Waals surface area (Å²) in [4.78, 5) is 1.89. The van der Waals surface area contributed by atoms with E-state index in [4.69, 9.17) is 4.74 Å². The van der Waals surface area contributed by atoms with Crippen molar-refractivity contribution in [2.24, 2.45) is 0 Å². The molecule has 0 aliphatic heterocycles. The van der Waals surface area contributed by atoms with Crippen LogP contribution in [-0.4, -0.2) is 44.1 Å². The Morgan fingerprint density at radius 3 is 1.59 bits per heavy atom. The summed E-state index contributed by atoms with van der Waals surface area (Å²) < 4.78 is 123. The highest BCUT2D eigenvalue weighted by Crippen LogP contribution is 2.56. The number of nitrogens with zero attached hydrogens (tertiary/aromatic N) is 1. The number of methoxy groups -OCH3 is 1. The van der Waals surface area contributed by atoms with Crippen LogP contribution >= 0.6 is 0 Å². The summed E-state index contributed by atoms with van der Waals surface area (Å²) in [5, 5.41) is 0. The monoisotopic (exact) mass is 439 g/mol. The van der Waals surface area contributed by atoms with E-state index in [1.54, 1.807) is 0 Å². The fourth-order valence-corrected chi connectivity index (χ4v) is 2.85. The molecule has 1 aromatic rings. The molecule has 1 aromatic carbocycles. The summed E-state index contributed by atoms with van der Waals surface area (Å²) in [6, 6.07) is 5.51. The van der Waals surface area contributed by atoms with Gasteiger partial charge in [-0.1, -0.05) is 12.1 Å². The second-order valence-corrected chi connectivity index (χ2v) is 6.68. The lowest BCUT2D eigenvalue weighted by Gasteiger charge is -2.38. The van der Waals surface area contributed by atoms with Crippen LogP contribution in [0.4, 0.5) is 45.2 Å². The second-order valence-electron chi connectivity index (χ2n) is 6.68. The van der Waals surface area contributed by atoms with Gasteiger partial charge in [0.1, 0.15) is 0 Å². The average molecular weight is 439 g/mol. The molecule has 0 fully saturated rings. The first kappa shape index (κ1) is 25.4. The molecule has 2 nitrogen and oxygen atoms in total. The van der Waals surface area contributed by atoms with Gasteiger partial charge in [-0.25, -0.2) is 0 Å². The second kappa shape index (κ2) is 8.23. The van der Waals surface area contributed by atoms with Crippen LogP contribution in [0, 0.1) is 0 Å². The van der Waals surface area contributed by atoms with Crippen LogP contribution in [0.1, 0.15) is 32.8 Å². The van der Waals surface area contributed by atoms with Crippen molar-refractivity contribution in [1.82, 2.24) is 0 Å². The van der Waals surface area contributed by atoms with Crippen LogP contribution < -0.4 is 4.90 Å². The third-order valence-electron chi connectivity index (χ3n) is 4.83. The van der Waals surface area contributed by atoms with Crippen molar-refractivity contribution >= 4 is 5.69 Å². The van der Waals surface area contributed by atoms with Gasteiger partial charge >= 0.3 is 23.9 Å². The minimum atomic E-state index is -6.93. The number of halogens is 9. The Kier molecular flexibility index (Phi) is 7.21. The number of rotatable bonds is 9. The number of hydrogen-bond donors (Lipinski definition) is 0. The molecule has 1 atom stereocenters. The Hall–Kier alpha value is -1.65. The highest BCUT2D eigenvalue weighted by atomic mass is 19.4. The van der Waals surface area contributed by atoms with Crippen LogP contribution in [0.25, 0.3) is 0 Å². The van der Waals surface area contributed by atoms with Gasteiger partial charge < -0.3 is 9.64 Å². The van der Waals surface area contributed by atoms with Crippen molar-refractivity contribution in [1.29, 1.82) is 0 Å². The van der Waals surface area contributed by atoms with Crippen LogP contribution in [0.3, 0.4) is 0 Å². The van der Waals surface area contributed by atoms with E-state index in [-0.39, 0.29) is 5.56 Å². The minimum Gasteiger partial charge on any atom is -0.374 e. The first-order valence-corrected chi connectivity index (χ1v) is 8.61. The predicted molar refractivity (Wildman–Crippen MR) is 89.9 cm³/mol. The molecule has 0 aromatic heterocycles. The summed E-state index contributed by atoms with van der Waals surface area (Å²) in [6.45, 7) is 5.87. The van der Waals surface area contributed by atoms with E-state index in [2.05, 4.69) is 0 Å². The Bertz CT molecular complexity index is 669. The zero-order valence-corrected chi connectivity index (χ0v) is 16.2. The number of hydrogen-bond acceptors (Lipinski definition) is 2. The SMILES string of the molecule is CCN(CC)c1ccc(C(C)(CC(F)(F)C(F)(F)C(F)(F)C(F)(F)F)OC)cc1. The van der Waals surface area contributed by atoms with Gasteiger partial charge in [0.2, 0.25) is 0 Å². The number of ether oxygens (including phenoxy) is 1. The Labute approximate surface area is 162 Å². The zero-order valence-electron chi connectivity index (χ0n) is 16.2. The first-order valence-electron chi connectivity index (χ1n) is 8.61. The summed E-state index contributed by atoms with van der Waals surface area (Å²) in [7, 11) is 0.869. The maximum atomic E-state index is 14.1. The number of anilines is 1. The van der Waals surface area contributed by atoms with Gasteiger partial charge in [-0.15, -0.1) is 0 Å². The van der Waals surface area contributed by atoms with E-state index in [9.17, 15) is 39.5 Å². The summed E-state index contributed by atoms with van der Waals surface area (Å²) in [6.07, 6.45) is -8.95. The van der Waals surface area contributed by atoms with Gasteiger partial charge in [-0.05, 0) is 38.5 Å². The zero-order chi connectivity index (χ0) is 22.9. The van der Waals surface area contributed by atoms with Crippen molar-refractivity contribution < 1.29 is 44.3 Å². The molecule has 0 heterocycles. The summed E-state index contributed by atoms with van der Waals surface area (Å²) >= 11 is 0. The van der Waals surface area contributed by atoms with E-state index in [1.807, 2.05) is 18.7 Å². The number of benzene rings is 1. The summed E-state index contributed by atoms with van der Waals surface area (Å²) in [5.41, 5.74) is -1.66. The highest BCUT2D eigenvalue weighted by molar-refractivity contribution is 5.48. The normalized spacial score (nSPS) is 15.9. The molecule has 0 saturated heterocycles. The van der Waals surface area contributed by atoms with Crippen LogP contribution in [0.15, 0.2) is 24.3 Å². The van der Waals surface area contributed by atoms with Gasteiger partial charge in [-0.3, -0.25) is 0 Å². The third-order valence-corrected chi connectivity index (χ3v) is 4.83. The van der Waals surface area contributed by atoms with E-state index >= 15 is 0 Å². The third kappa shape index (κ3) is 4.59. The lowest BCUT2D eigenvalue weighted by atomic mass is 9.85. The molecular weight excluding hydrogens is 417 g/mol. The Morgan fingerprint density at radius 2 is 1.24 bits per heavy atom. The quantitative estimate of drug-likeness (QED) is 0.422. The fraction of sp³-hybridized carbons (Fsp3) is 0.667. The Morgan fingerprint density at radius 1 is 0.793 bits per heavy atom. The molecule has 0 saturated carbocycles. The van der Waals surface area contributed by atoms with Gasteiger partial charge in [0.25, 0.3) is 0 Å². The number of alkyl halides is 9. The van der Waals surface area contributed by atoms with Gasteiger partial charge in [0, 0.05) is 25.9 Å². The maximum absolute atomic E-state index is 14.1. The van der Waals surface area contributed by atoms with Crippen LogP contribution in [0.2, 0.25) is 0 Å². The van der Waals surface area contributed by atoms with Crippen molar-refractivity contribution in [2.45, 2.75) is 56.7 Å². The van der Waals surface area contributed by atoms with Crippen LogP contribution in [0.5, 0.6) is 0 Å². The summed E-state index contributed by atoms with van der Waals surface area (Å²) in [5.74, 6) is -19.3. The van der Waals surface area contributed by atoms with Crippen LogP contribution in [-0.2, 0) is 10.3 Å². The molecule has 1 unspecified atom stereocenters. The van der Waals surface area contributed by atoms with Crippen molar-refractivity contribution in [3.63, 3.8) is 0 Å². The minimum absolute atomic E-state index is 0.0818. The maximum Gasteiger partial charge on any atom is 0.460 e. The molecule has 0 amide bonds. The predicted octanol–water partition coefficient (Wildman–Crippen LogP) is 6.25. The molecule has 0 aliphatic rings.